The van der Waals surface area contributed by atoms with Gasteiger partial charge in [-0.05, 0) is 25.2 Å². The predicted molar refractivity (Wildman–Crippen MR) is 65.0 cm³/mol. The van der Waals surface area contributed by atoms with Gasteiger partial charge in [0.1, 0.15) is 0 Å². The van der Waals surface area contributed by atoms with Gasteiger partial charge in [0.2, 0.25) is 0 Å². The Hall–Kier alpha value is -0.636. The predicted octanol–water partition coefficient (Wildman–Crippen LogP) is 2.75. The standard InChI is InChI=1S/C13H13P.Ni/c1-14(12-8-4-2-5-9-12)13-10-6-3-7-11-13;/h2-11H,1H3;. The van der Waals surface area contributed by atoms with Crippen molar-refractivity contribution in [3.8, 4) is 0 Å². The Morgan fingerprint density at radius 1 is 0.667 bits per heavy atom. The molecule has 80 valence electrons. The topological polar surface area (TPSA) is 0 Å². The third kappa shape index (κ3) is 3.16. The van der Waals surface area contributed by atoms with Crippen LogP contribution in [0.25, 0.3) is 0 Å². The molecule has 2 aromatic carbocycles. The van der Waals surface area contributed by atoms with Gasteiger partial charge in [0.05, 0.1) is 0 Å². The van der Waals surface area contributed by atoms with Gasteiger partial charge < -0.3 is 0 Å². The summed E-state index contributed by atoms with van der Waals surface area (Å²) in [6, 6.07) is 21.4. The molecule has 2 rings (SSSR count). The van der Waals surface area contributed by atoms with Crippen LogP contribution in [-0.4, -0.2) is 6.66 Å². The Morgan fingerprint density at radius 3 is 1.33 bits per heavy atom. The first kappa shape index (κ1) is 12.4. The van der Waals surface area contributed by atoms with E-state index in [0.717, 1.165) is 0 Å². The zero-order valence-corrected chi connectivity index (χ0v) is 10.4. The molecule has 0 saturated carbocycles. The summed E-state index contributed by atoms with van der Waals surface area (Å²) in [4.78, 5) is 0. The van der Waals surface area contributed by atoms with Crippen molar-refractivity contribution in [2.75, 3.05) is 6.66 Å². The van der Waals surface area contributed by atoms with Crippen molar-refractivity contribution >= 4 is 18.5 Å². The monoisotopic (exact) mass is 258 g/mol. The molecule has 0 aliphatic heterocycles. The molecule has 0 nitrogen and oxygen atoms in total. The first-order valence-corrected chi connectivity index (χ1v) is 6.50. The second-order valence-electron chi connectivity index (χ2n) is 3.23. The van der Waals surface area contributed by atoms with E-state index in [2.05, 4.69) is 67.3 Å². The number of hydrogen-bond donors (Lipinski definition) is 0. The van der Waals surface area contributed by atoms with Gasteiger partial charge in [-0.2, -0.15) is 0 Å². The molecule has 0 aromatic heterocycles. The molecule has 0 saturated heterocycles. The van der Waals surface area contributed by atoms with Crippen molar-refractivity contribution in [1.29, 1.82) is 0 Å². The molecule has 0 atom stereocenters. The van der Waals surface area contributed by atoms with Crippen LogP contribution in [0, 0.1) is 0 Å². The van der Waals surface area contributed by atoms with Gasteiger partial charge >= 0.3 is 0 Å². The summed E-state index contributed by atoms with van der Waals surface area (Å²) >= 11 is 0. The van der Waals surface area contributed by atoms with Crippen LogP contribution in [0.15, 0.2) is 60.7 Å². The summed E-state index contributed by atoms with van der Waals surface area (Å²) in [5.41, 5.74) is 0. The van der Waals surface area contributed by atoms with Crippen molar-refractivity contribution in [3.05, 3.63) is 60.7 Å². The smallest absolute Gasteiger partial charge is 0 e. The fraction of sp³-hybridized carbons (Fsp3) is 0.0769. The molecule has 2 heteroatoms. The van der Waals surface area contributed by atoms with Crippen LogP contribution in [0.2, 0.25) is 0 Å². The molecule has 0 heterocycles. The quantitative estimate of drug-likeness (QED) is 0.574. The van der Waals surface area contributed by atoms with Crippen LogP contribution in [0.3, 0.4) is 0 Å². The van der Waals surface area contributed by atoms with Crippen LogP contribution in [0.1, 0.15) is 0 Å². The fourth-order valence-corrected chi connectivity index (χ4v) is 2.99. The average molecular weight is 259 g/mol. The maximum Gasteiger partial charge on any atom is 0 e. The van der Waals surface area contributed by atoms with Crippen molar-refractivity contribution in [2.24, 2.45) is 0 Å². The van der Waals surface area contributed by atoms with Gasteiger partial charge in [-0.1, -0.05) is 60.7 Å². The zero-order chi connectivity index (χ0) is 9.80. The summed E-state index contributed by atoms with van der Waals surface area (Å²) in [5, 5.41) is 2.88. The second kappa shape index (κ2) is 6.06. The van der Waals surface area contributed by atoms with E-state index in [1.54, 1.807) is 0 Å². The Kier molecular flexibility index (Phi) is 5.02. The zero-order valence-electron chi connectivity index (χ0n) is 8.54. The van der Waals surface area contributed by atoms with E-state index in [4.69, 9.17) is 0 Å². The largest absolute Gasteiger partial charge is 0.0622 e. The fourth-order valence-electron chi connectivity index (χ4n) is 1.45. The van der Waals surface area contributed by atoms with E-state index in [-0.39, 0.29) is 24.4 Å². The Balaban J connectivity index is 0.00000112. The van der Waals surface area contributed by atoms with Gasteiger partial charge in [-0.15, -0.1) is 0 Å². The molecule has 0 unspecified atom stereocenters. The van der Waals surface area contributed by atoms with Crippen LogP contribution >= 0.6 is 7.92 Å². The molecular formula is C13H13NiP. The van der Waals surface area contributed by atoms with E-state index in [9.17, 15) is 0 Å². The molecule has 0 amide bonds. The number of hydrogen-bond acceptors (Lipinski definition) is 0. The summed E-state index contributed by atoms with van der Waals surface area (Å²) in [6.45, 7) is 2.31. The minimum absolute atomic E-state index is 0. The van der Waals surface area contributed by atoms with Crippen LogP contribution in [-0.2, 0) is 16.5 Å². The SMILES string of the molecule is CP(c1ccccc1)c1ccccc1.[Ni]. The Bertz CT molecular complexity index is 346. The minimum atomic E-state index is -0.171. The second-order valence-corrected chi connectivity index (χ2v) is 5.38. The molecule has 0 aliphatic rings. The number of benzene rings is 2. The van der Waals surface area contributed by atoms with E-state index < -0.39 is 0 Å². The average Bonchev–Trinajstić information content (AvgIpc) is 2.30. The molecule has 0 N–H and O–H groups in total. The van der Waals surface area contributed by atoms with Crippen molar-refractivity contribution in [1.82, 2.24) is 0 Å². The van der Waals surface area contributed by atoms with E-state index in [1.165, 1.54) is 10.6 Å². The molecule has 2 aromatic rings. The van der Waals surface area contributed by atoms with Crippen LogP contribution in [0.4, 0.5) is 0 Å². The molecule has 0 aliphatic carbocycles. The summed E-state index contributed by atoms with van der Waals surface area (Å²) in [5.74, 6) is 0. The van der Waals surface area contributed by atoms with Gasteiger partial charge in [-0.25, -0.2) is 0 Å². The third-order valence-corrected chi connectivity index (χ3v) is 4.43. The molecule has 0 fully saturated rings. The molecule has 0 spiro atoms. The van der Waals surface area contributed by atoms with Crippen LogP contribution < -0.4 is 10.6 Å². The number of rotatable bonds is 2. The maximum atomic E-state index is 2.31. The molecule has 0 radical (unpaired) electrons. The minimum Gasteiger partial charge on any atom is -0.0622 e. The van der Waals surface area contributed by atoms with E-state index >= 15 is 0 Å². The van der Waals surface area contributed by atoms with E-state index in [0.29, 0.717) is 0 Å². The summed E-state index contributed by atoms with van der Waals surface area (Å²) < 4.78 is 0. The molecule has 0 bridgehead atoms. The van der Waals surface area contributed by atoms with Crippen molar-refractivity contribution in [3.63, 3.8) is 0 Å². The van der Waals surface area contributed by atoms with Gasteiger partial charge in [0.25, 0.3) is 0 Å². The third-order valence-electron chi connectivity index (χ3n) is 2.29. The van der Waals surface area contributed by atoms with Crippen molar-refractivity contribution < 1.29 is 16.5 Å². The first-order valence-electron chi connectivity index (χ1n) is 4.72. The van der Waals surface area contributed by atoms with Gasteiger partial charge in [0, 0.05) is 16.5 Å². The molecule has 15 heavy (non-hydrogen) atoms. The summed E-state index contributed by atoms with van der Waals surface area (Å²) in [7, 11) is -0.171. The molecular weight excluding hydrogens is 246 g/mol. The van der Waals surface area contributed by atoms with Crippen molar-refractivity contribution in [2.45, 2.75) is 0 Å². The Labute approximate surface area is 102 Å². The summed E-state index contributed by atoms with van der Waals surface area (Å²) in [6.07, 6.45) is 0. The van der Waals surface area contributed by atoms with E-state index in [1.807, 2.05) is 0 Å². The van der Waals surface area contributed by atoms with Gasteiger partial charge in [-0.3, -0.25) is 0 Å². The van der Waals surface area contributed by atoms with Crippen LogP contribution in [0.5, 0.6) is 0 Å². The van der Waals surface area contributed by atoms with Gasteiger partial charge in [0.15, 0.2) is 0 Å². The maximum absolute atomic E-state index is 2.31. The normalized spacial score (nSPS) is 9.73. The first-order chi connectivity index (χ1) is 6.88. The Morgan fingerprint density at radius 2 is 1.00 bits per heavy atom.